The van der Waals surface area contributed by atoms with E-state index in [1.165, 1.54) is 6.33 Å². The SMILES string of the molecule is NC(=O)c1cccc(NC2c3ncnn3C(c3cn[nH]c3)=CN2Cc2ccc(O)cc2)c1. The molecule has 1 unspecified atom stereocenters. The summed E-state index contributed by atoms with van der Waals surface area (Å²) >= 11 is 0. The first-order valence-corrected chi connectivity index (χ1v) is 9.90. The number of carbonyl (C=O) groups is 1. The van der Waals surface area contributed by atoms with Gasteiger partial charge in [0.15, 0.2) is 12.0 Å². The highest BCUT2D eigenvalue weighted by Crippen LogP contribution is 2.33. The number of rotatable bonds is 6. The quantitative estimate of drug-likeness (QED) is 0.370. The van der Waals surface area contributed by atoms with Gasteiger partial charge in [-0.3, -0.25) is 9.89 Å². The van der Waals surface area contributed by atoms with Crippen molar-refractivity contribution in [1.82, 2.24) is 29.9 Å². The number of nitrogens with one attached hydrogen (secondary N) is 2. The van der Waals surface area contributed by atoms with Crippen LogP contribution < -0.4 is 11.1 Å². The van der Waals surface area contributed by atoms with Crippen molar-refractivity contribution in [2.75, 3.05) is 5.32 Å². The van der Waals surface area contributed by atoms with Gasteiger partial charge in [0.05, 0.1) is 11.9 Å². The van der Waals surface area contributed by atoms with Crippen LogP contribution in [-0.2, 0) is 6.54 Å². The lowest BCUT2D eigenvalue weighted by Crippen LogP contribution is -2.36. The molecule has 160 valence electrons. The van der Waals surface area contributed by atoms with Gasteiger partial charge in [-0.25, -0.2) is 9.67 Å². The Balaban J connectivity index is 1.55. The Kier molecular flexibility index (Phi) is 4.79. The molecule has 0 saturated carbocycles. The molecule has 0 bridgehead atoms. The minimum atomic E-state index is -0.497. The van der Waals surface area contributed by atoms with Crippen LogP contribution >= 0.6 is 0 Å². The van der Waals surface area contributed by atoms with Gasteiger partial charge < -0.3 is 21.1 Å². The number of hydrogen-bond acceptors (Lipinski definition) is 7. The number of phenolic OH excluding ortho intramolecular Hbond substituents is 1. The first kappa shape index (κ1) is 19.4. The Morgan fingerprint density at radius 2 is 2.06 bits per heavy atom. The highest BCUT2D eigenvalue weighted by molar-refractivity contribution is 5.93. The summed E-state index contributed by atoms with van der Waals surface area (Å²) < 4.78 is 1.76. The second-order valence-electron chi connectivity index (χ2n) is 7.36. The largest absolute Gasteiger partial charge is 0.508 e. The smallest absolute Gasteiger partial charge is 0.248 e. The fraction of sp³-hybridized carbons (Fsp3) is 0.0909. The number of fused-ring (bicyclic) bond motifs is 1. The van der Waals surface area contributed by atoms with Crippen LogP contribution in [0.2, 0.25) is 0 Å². The summed E-state index contributed by atoms with van der Waals surface area (Å²) in [4.78, 5) is 18.2. The number of hydrogen-bond donors (Lipinski definition) is 4. The molecule has 0 aliphatic carbocycles. The molecular formula is C22H20N8O2. The van der Waals surface area contributed by atoms with Crippen LogP contribution in [0.3, 0.4) is 0 Å². The summed E-state index contributed by atoms with van der Waals surface area (Å²) in [6, 6.07) is 14.0. The molecule has 5 N–H and O–H groups in total. The molecule has 2 aromatic carbocycles. The van der Waals surface area contributed by atoms with Crippen molar-refractivity contribution in [2.45, 2.75) is 12.7 Å². The molecule has 0 spiro atoms. The van der Waals surface area contributed by atoms with Crippen molar-refractivity contribution < 1.29 is 9.90 Å². The van der Waals surface area contributed by atoms with Gasteiger partial charge in [-0.2, -0.15) is 10.2 Å². The second kappa shape index (κ2) is 7.91. The molecule has 0 fully saturated rings. The van der Waals surface area contributed by atoms with E-state index in [1.54, 1.807) is 47.4 Å². The van der Waals surface area contributed by atoms with Crippen LogP contribution in [0, 0.1) is 0 Å². The Hall–Kier alpha value is -4.60. The van der Waals surface area contributed by atoms with E-state index in [1.807, 2.05) is 24.4 Å². The second-order valence-corrected chi connectivity index (χ2v) is 7.36. The predicted octanol–water partition coefficient (Wildman–Crippen LogP) is 2.28. The van der Waals surface area contributed by atoms with E-state index in [9.17, 15) is 9.90 Å². The lowest BCUT2D eigenvalue weighted by molar-refractivity contribution is 0.100. The summed E-state index contributed by atoms with van der Waals surface area (Å²) in [7, 11) is 0. The number of nitrogens with two attached hydrogens (primary N) is 1. The van der Waals surface area contributed by atoms with Gasteiger partial charge in [-0.15, -0.1) is 0 Å². The molecule has 10 nitrogen and oxygen atoms in total. The van der Waals surface area contributed by atoms with Crippen molar-refractivity contribution in [3.05, 3.63) is 96.0 Å². The molecule has 0 saturated heterocycles. The third-order valence-corrected chi connectivity index (χ3v) is 5.21. The zero-order valence-electron chi connectivity index (χ0n) is 16.9. The topological polar surface area (TPSA) is 138 Å². The number of nitrogens with zero attached hydrogens (tertiary/aromatic N) is 5. The third-order valence-electron chi connectivity index (χ3n) is 5.21. The van der Waals surface area contributed by atoms with E-state index in [2.05, 4.69) is 30.5 Å². The number of primary amides is 1. The third kappa shape index (κ3) is 3.65. The number of benzene rings is 2. The number of H-pyrrole nitrogens is 1. The van der Waals surface area contributed by atoms with Crippen LogP contribution in [0.4, 0.5) is 5.69 Å². The van der Waals surface area contributed by atoms with E-state index in [-0.39, 0.29) is 11.9 Å². The van der Waals surface area contributed by atoms with E-state index in [4.69, 9.17) is 5.73 Å². The Labute approximate surface area is 183 Å². The first-order chi connectivity index (χ1) is 15.6. The zero-order valence-corrected chi connectivity index (χ0v) is 16.9. The van der Waals surface area contributed by atoms with Crippen molar-refractivity contribution >= 4 is 17.3 Å². The molecule has 32 heavy (non-hydrogen) atoms. The van der Waals surface area contributed by atoms with Gasteiger partial charge in [0, 0.05) is 35.8 Å². The molecule has 2 aromatic heterocycles. The summed E-state index contributed by atoms with van der Waals surface area (Å²) in [5.41, 5.74) is 9.25. The monoisotopic (exact) mass is 428 g/mol. The van der Waals surface area contributed by atoms with Crippen molar-refractivity contribution in [3.8, 4) is 5.75 Å². The maximum absolute atomic E-state index is 11.6. The number of anilines is 1. The lowest BCUT2D eigenvalue weighted by Gasteiger charge is -2.35. The van der Waals surface area contributed by atoms with E-state index >= 15 is 0 Å². The minimum absolute atomic E-state index is 0.208. The summed E-state index contributed by atoms with van der Waals surface area (Å²) in [5, 5.41) is 24.4. The molecular weight excluding hydrogens is 408 g/mol. The van der Waals surface area contributed by atoms with Crippen molar-refractivity contribution in [3.63, 3.8) is 0 Å². The fourth-order valence-corrected chi connectivity index (χ4v) is 3.66. The number of aromatic nitrogens is 5. The van der Waals surface area contributed by atoms with E-state index in [0.29, 0.717) is 17.9 Å². The number of carbonyl (C=O) groups excluding carboxylic acids is 1. The highest BCUT2D eigenvalue weighted by atomic mass is 16.3. The molecule has 0 radical (unpaired) electrons. The Morgan fingerprint density at radius 1 is 1.22 bits per heavy atom. The lowest BCUT2D eigenvalue weighted by atomic mass is 10.1. The van der Waals surface area contributed by atoms with Crippen LogP contribution in [0.1, 0.15) is 33.5 Å². The normalized spacial score (nSPS) is 15.2. The minimum Gasteiger partial charge on any atom is -0.508 e. The molecule has 10 heteroatoms. The molecule has 1 amide bonds. The Morgan fingerprint density at radius 3 is 2.81 bits per heavy atom. The first-order valence-electron chi connectivity index (χ1n) is 9.90. The number of phenols is 1. The van der Waals surface area contributed by atoms with E-state index < -0.39 is 5.91 Å². The van der Waals surface area contributed by atoms with Crippen LogP contribution in [-0.4, -0.2) is 40.9 Å². The van der Waals surface area contributed by atoms with Gasteiger partial charge in [-0.1, -0.05) is 18.2 Å². The standard InChI is InChI=1S/C22H20N8O2/c23-20(32)15-2-1-3-17(8-15)28-22-21-24-13-27-30(21)19(16-9-25-26-10-16)12-29(22)11-14-4-6-18(31)7-5-14/h1-10,12-13,22,28,31H,11H2,(H2,23,32)(H,25,26). The number of aromatic amines is 1. The maximum atomic E-state index is 11.6. The van der Waals surface area contributed by atoms with Crippen LogP contribution in [0.15, 0.2) is 73.5 Å². The van der Waals surface area contributed by atoms with Gasteiger partial charge in [0.2, 0.25) is 5.91 Å². The van der Waals surface area contributed by atoms with Crippen LogP contribution in [0.25, 0.3) is 5.70 Å². The molecule has 1 aliphatic rings. The maximum Gasteiger partial charge on any atom is 0.248 e. The number of aromatic hydroxyl groups is 1. The van der Waals surface area contributed by atoms with Gasteiger partial charge in [0.1, 0.15) is 12.1 Å². The summed E-state index contributed by atoms with van der Waals surface area (Å²) in [5.74, 6) is 0.384. The number of amides is 1. The van der Waals surface area contributed by atoms with E-state index in [0.717, 1.165) is 22.5 Å². The molecule has 4 aromatic rings. The van der Waals surface area contributed by atoms with Gasteiger partial charge in [0.25, 0.3) is 0 Å². The highest BCUT2D eigenvalue weighted by Gasteiger charge is 2.30. The molecule has 1 aliphatic heterocycles. The average molecular weight is 428 g/mol. The molecule has 3 heterocycles. The Bertz CT molecular complexity index is 1280. The summed E-state index contributed by atoms with van der Waals surface area (Å²) in [6.07, 6.45) is 6.61. The zero-order chi connectivity index (χ0) is 22.1. The predicted molar refractivity (Wildman–Crippen MR) is 117 cm³/mol. The fourth-order valence-electron chi connectivity index (χ4n) is 3.66. The van der Waals surface area contributed by atoms with Crippen molar-refractivity contribution in [2.24, 2.45) is 5.73 Å². The van der Waals surface area contributed by atoms with Gasteiger partial charge >= 0.3 is 0 Å². The molecule has 1 atom stereocenters. The summed E-state index contributed by atoms with van der Waals surface area (Å²) in [6.45, 7) is 0.529. The van der Waals surface area contributed by atoms with Crippen molar-refractivity contribution in [1.29, 1.82) is 0 Å². The molecule has 5 rings (SSSR count). The van der Waals surface area contributed by atoms with Crippen LogP contribution in [0.5, 0.6) is 5.75 Å². The average Bonchev–Trinajstić information content (AvgIpc) is 3.49. The van der Waals surface area contributed by atoms with Gasteiger partial charge in [-0.05, 0) is 35.9 Å².